The highest BCUT2D eigenvalue weighted by Gasteiger charge is 2.18. The first-order chi connectivity index (χ1) is 6.07. The van der Waals surface area contributed by atoms with Crippen molar-refractivity contribution in [2.75, 3.05) is 0 Å². The summed E-state index contributed by atoms with van der Waals surface area (Å²) in [5, 5.41) is 8.62. The Balaban J connectivity index is 3.38. The van der Waals surface area contributed by atoms with Gasteiger partial charge in [0.2, 0.25) is 0 Å². The number of rotatable bonds is 1. The fourth-order valence-corrected chi connectivity index (χ4v) is 1.61. The lowest BCUT2D eigenvalue weighted by atomic mass is 10.2. The number of hydrogen-bond donors (Lipinski definition) is 0. The van der Waals surface area contributed by atoms with E-state index in [-0.39, 0.29) is 15.1 Å². The number of alkyl halides is 2. The van der Waals surface area contributed by atoms with Crippen LogP contribution in [-0.2, 0) is 0 Å². The van der Waals surface area contributed by atoms with Crippen LogP contribution in [0.5, 0.6) is 0 Å². The molecule has 0 radical (unpaired) electrons. The van der Waals surface area contributed by atoms with Crippen molar-refractivity contribution in [2.24, 2.45) is 0 Å². The van der Waals surface area contributed by atoms with E-state index >= 15 is 0 Å². The molecule has 6 heteroatoms. The number of aromatic nitrogens is 1. The van der Waals surface area contributed by atoms with Crippen LogP contribution in [0.15, 0.2) is 10.7 Å². The van der Waals surface area contributed by atoms with Gasteiger partial charge in [-0.2, -0.15) is 5.26 Å². The lowest BCUT2D eigenvalue weighted by Gasteiger charge is -2.04. The molecule has 0 aromatic carbocycles. The third-order valence-electron chi connectivity index (χ3n) is 1.32. The molecule has 1 aromatic heterocycles. The largest absolute Gasteiger partial charge is 0.281 e. The van der Waals surface area contributed by atoms with Gasteiger partial charge in [-0.1, -0.05) is 11.6 Å². The molecule has 1 rings (SSSR count). The number of pyridine rings is 1. The summed E-state index contributed by atoms with van der Waals surface area (Å²) in [5.41, 5.74) is -0.493. The van der Waals surface area contributed by atoms with E-state index in [1.165, 1.54) is 0 Å². The molecular formula is C7H2BrClF2N2. The molecule has 0 aliphatic carbocycles. The lowest BCUT2D eigenvalue weighted by Crippen LogP contribution is -1.94. The summed E-state index contributed by atoms with van der Waals surface area (Å²) in [4.78, 5) is 3.41. The van der Waals surface area contributed by atoms with Crippen molar-refractivity contribution in [2.45, 2.75) is 6.43 Å². The first-order valence-electron chi connectivity index (χ1n) is 3.10. The first kappa shape index (κ1) is 10.4. The van der Waals surface area contributed by atoms with Crippen molar-refractivity contribution in [3.63, 3.8) is 0 Å². The fourth-order valence-electron chi connectivity index (χ4n) is 0.735. The van der Waals surface area contributed by atoms with Gasteiger partial charge in [0.1, 0.15) is 11.8 Å². The molecule has 0 bridgehead atoms. The lowest BCUT2D eigenvalue weighted by molar-refractivity contribution is 0.145. The minimum atomic E-state index is -2.72. The maximum Gasteiger partial charge on any atom is 0.281 e. The highest BCUT2D eigenvalue weighted by molar-refractivity contribution is 9.10. The standard InChI is InChI=1S/C7H2BrClF2N2/c8-5-3(1-12)4(9)2-13-6(5)7(10)11/h2,7H. The van der Waals surface area contributed by atoms with Crippen LogP contribution in [0.25, 0.3) is 0 Å². The summed E-state index contributed by atoms with van der Waals surface area (Å²) in [5.74, 6) is 0. The van der Waals surface area contributed by atoms with Crippen molar-refractivity contribution in [1.29, 1.82) is 5.26 Å². The highest BCUT2D eigenvalue weighted by atomic mass is 79.9. The molecule has 0 unspecified atom stereocenters. The second-order valence-electron chi connectivity index (χ2n) is 2.09. The Morgan fingerprint density at radius 2 is 2.23 bits per heavy atom. The molecule has 0 aliphatic rings. The molecule has 13 heavy (non-hydrogen) atoms. The Bertz CT molecular complexity index is 375. The number of nitriles is 1. The van der Waals surface area contributed by atoms with Crippen LogP contribution in [0.4, 0.5) is 8.78 Å². The molecule has 0 saturated carbocycles. The van der Waals surface area contributed by atoms with Crippen LogP contribution < -0.4 is 0 Å². The summed E-state index contributed by atoms with van der Waals surface area (Å²) in [7, 11) is 0. The molecule has 0 N–H and O–H groups in total. The van der Waals surface area contributed by atoms with Gasteiger partial charge in [0.15, 0.2) is 0 Å². The fraction of sp³-hybridized carbons (Fsp3) is 0.143. The number of nitrogens with zero attached hydrogens (tertiary/aromatic N) is 2. The smallest absolute Gasteiger partial charge is 0.252 e. The summed E-state index contributed by atoms with van der Waals surface area (Å²) < 4.78 is 24.4. The van der Waals surface area contributed by atoms with Gasteiger partial charge >= 0.3 is 0 Å². The van der Waals surface area contributed by atoms with E-state index in [1.54, 1.807) is 6.07 Å². The third kappa shape index (κ3) is 1.95. The van der Waals surface area contributed by atoms with Crippen molar-refractivity contribution in [3.8, 4) is 6.07 Å². The van der Waals surface area contributed by atoms with Crippen LogP contribution in [0, 0.1) is 11.3 Å². The maximum atomic E-state index is 12.2. The van der Waals surface area contributed by atoms with Crippen LogP contribution in [0.2, 0.25) is 5.02 Å². The molecule has 1 heterocycles. The molecule has 68 valence electrons. The van der Waals surface area contributed by atoms with E-state index in [9.17, 15) is 8.78 Å². The zero-order valence-electron chi connectivity index (χ0n) is 6.06. The predicted octanol–water partition coefficient (Wildman–Crippen LogP) is 3.31. The van der Waals surface area contributed by atoms with Gasteiger partial charge in [0.25, 0.3) is 6.43 Å². The van der Waals surface area contributed by atoms with Gasteiger partial charge in [0, 0.05) is 6.20 Å². The van der Waals surface area contributed by atoms with Crippen LogP contribution in [0.1, 0.15) is 17.7 Å². The molecule has 0 spiro atoms. The molecule has 0 saturated heterocycles. The average molecular weight is 267 g/mol. The third-order valence-corrected chi connectivity index (χ3v) is 2.41. The Labute approximate surface area is 86.3 Å². The van der Waals surface area contributed by atoms with Gasteiger partial charge < -0.3 is 0 Å². The van der Waals surface area contributed by atoms with Gasteiger partial charge in [0.05, 0.1) is 15.1 Å². The molecular weight excluding hydrogens is 265 g/mol. The summed E-state index contributed by atoms with van der Waals surface area (Å²) in [6.45, 7) is 0. The molecule has 2 nitrogen and oxygen atoms in total. The normalized spacial score (nSPS) is 10.2. The molecule has 0 amide bonds. The highest BCUT2D eigenvalue weighted by Crippen LogP contribution is 2.31. The second kappa shape index (κ2) is 3.99. The number of hydrogen-bond acceptors (Lipinski definition) is 2. The Kier molecular flexibility index (Phi) is 3.17. The zero-order chi connectivity index (χ0) is 10.0. The molecule has 1 aromatic rings. The SMILES string of the molecule is N#Cc1c(Cl)cnc(C(F)F)c1Br. The van der Waals surface area contributed by atoms with Gasteiger partial charge in [-0.15, -0.1) is 0 Å². The summed E-state index contributed by atoms with van der Waals surface area (Å²) >= 11 is 8.39. The Morgan fingerprint density at radius 1 is 1.62 bits per heavy atom. The van der Waals surface area contributed by atoms with Gasteiger partial charge in [-0.3, -0.25) is 4.98 Å². The van der Waals surface area contributed by atoms with E-state index in [1.807, 2.05) is 0 Å². The van der Waals surface area contributed by atoms with Crippen molar-refractivity contribution in [1.82, 2.24) is 4.98 Å². The monoisotopic (exact) mass is 266 g/mol. The summed E-state index contributed by atoms with van der Waals surface area (Å²) in [6, 6.07) is 1.71. The van der Waals surface area contributed by atoms with Crippen LogP contribution in [0.3, 0.4) is 0 Å². The average Bonchev–Trinajstić information content (AvgIpc) is 2.04. The zero-order valence-corrected chi connectivity index (χ0v) is 8.40. The van der Waals surface area contributed by atoms with Gasteiger partial charge in [-0.25, -0.2) is 8.78 Å². The van der Waals surface area contributed by atoms with E-state index < -0.39 is 12.1 Å². The first-order valence-corrected chi connectivity index (χ1v) is 4.27. The van der Waals surface area contributed by atoms with Gasteiger partial charge in [-0.05, 0) is 15.9 Å². The topological polar surface area (TPSA) is 36.7 Å². The van der Waals surface area contributed by atoms with Crippen molar-refractivity contribution >= 4 is 27.5 Å². The Hall–Kier alpha value is -0.730. The van der Waals surface area contributed by atoms with E-state index in [2.05, 4.69) is 20.9 Å². The molecule has 0 aliphatic heterocycles. The van der Waals surface area contributed by atoms with Crippen molar-refractivity contribution in [3.05, 3.63) is 26.9 Å². The van der Waals surface area contributed by atoms with E-state index in [4.69, 9.17) is 16.9 Å². The predicted molar refractivity (Wildman–Crippen MR) is 46.6 cm³/mol. The van der Waals surface area contributed by atoms with Crippen LogP contribution >= 0.6 is 27.5 Å². The van der Waals surface area contributed by atoms with Crippen LogP contribution in [-0.4, -0.2) is 4.98 Å². The Morgan fingerprint density at radius 3 is 2.69 bits per heavy atom. The molecule has 0 atom stereocenters. The quantitative estimate of drug-likeness (QED) is 0.783. The summed E-state index contributed by atoms with van der Waals surface area (Å²) in [6.07, 6.45) is -1.69. The van der Waals surface area contributed by atoms with E-state index in [0.717, 1.165) is 6.20 Å². The second-order valence-corrected chi connectivity index (χ2v) is 3.29. The minimum absolute atomic E-state index is 0.0213. The number of halogens is 4. The van der Waals surface area contributed by atoms with Crippen molar-refractivity contribution < 1.29 is 8.78 Å². The minimum Gasteiger partial charge on any atom is -0.252 e. The maximum absolute atomic E-state index is 12.2. The van der Waals surface area contributed by atoms with E-state index in [0.29, 0.717) is 0 Å². The molecule has 0 fully saturated rings.